The van der Waals surface area contributed by atoms with Gasteiger partial charge in [0.15, 0.2) is 0 Å². The Labute approximate surface area is 147 Å². The number of aromatic nitrogens is 1. The molecule has 2 heterocycles. The number of nitrogens with one attached hydrogen (secondary N) is 1. The number of likely N-dealkylation sites (tertiary alicyclic amines) is 1. The fourth-order valence-corrected chi connectivity index (χ4v) is 3.83. The van der Waals surface area contributed by atoms with E-state index in [-0.39, 0.29) is 23.1 Å². The number of anilines is 1. The number of pyridine rings is 1. The van der Waals surface area contributed by atoms with Crippen molar-refractivity contribution in [2.24, 2.45) is 11.3 Å². The van der Waals surface area contributed by atoms with Crippen LogP contribution in [-0.4, -0.2) is 34.8 Å². The summed E-state index contributed by atoms with van der Waals surface area (Å²) < 4.78 is 0. The van der Waals surface area contributed by atoms with Gasteiger partial charge in [-0.2, -0.15) is 0 Å². The summed E-state index contributed by atoms with van der Waals surface area (Å²) in [6.45, 7) is 1.45. The first-order chi connectivity index (χ1) is 12.2. The van der Waals surface area contributed by atoms with E-state index in [1.165, 1.54) is 0 Å². The Morgan fingerprint density at radius 1 is 1.20 bits per heavy atom. The van der Waals surface area contributed by atoms with Crippen LogP contribution in [0.4, 0.5) is 5.69 Å². The largest absolute Gasteiger partial charge is 0.342 e. The van der Waals surface area contributed by atoms with E-state index in [0.29, 0.717) is 13.0 Å². The van der Waals surface area contributed by atoms with Crippen LogP contribution in [0.3, 0.4) is 0 Å². The third-order valence-electron chi connectivity index (χ3n) is 5.37. The minimum atomic E-state index is -0.0152. The molecule has 0 radical (unpaired) electrons. The Morgan fingerprint density at radius 3 is 2.80 bits per heavy atom. The lowest BCUT2D eigenvalue weighted by Crippen LogP contribution is -2.31. The Morgan fingerprint density at radius 2 is 2.04 bits per heavy atom. The van der Waals surface area contributed by atoms with E-state index < -0.39 is 0 Å². The average Bonchev–Trinajstić information content (AvgIpc) is 3.17. The predicted octanol–water partition coefficient (Wildman–Crippen LogP) is 2.50. The molecule has 5 heteroatoms. The minimum Gasteiger partial charge on any atom is -0.342 e. The van der Waals surface area contributed by atoms with Crippen molar-refractivity contribution < 1.29 is 9.59 Å². The van der Waals surface area contributed by atoms with Gasteiger partial charge in [0, 0.05) is 30.6 Å². The molecule has 2 aromatic rings. The minimum absolute atomic E-state index is 0.00207. The fourth-order valence-electron chi connectivity index (χ4n) is 3.83. The molecule has 2 aliphatic rings. The molecule has 0 unspecified atom stereocenters. The smallest absolute Gasteiger partial charge is 0.228 e. The highest BCUT2D eigenvalue weighted by Gasteiger charge is 2.61. The summed E-state index contributed by atoms with van der Waals surface area (Å²) in [4.78, 5) is 30.9. The van der Waals surface area contributed by atoms with Crippen molar-refractivity contribution in [1.82, 2.24) is 9.88 Å². The molecule has 1 aliphatic carbocycles. The molecule has 25 heavy (non-hydrogen) atoms. The normalized spacial score (nSPS) is 24.3. The Balaban J connectivity index is 1.33. The second kappa shape index (κ2) is 6.31. The van der Waals surface area contributed by atoms with Crippen LogP contribution in [-0.2, 0) is 16.0 Å². The predicted molar refractivity (Wildman–Crippen MR) is 94.7 cm³/mol. The highest BCUT2D eigenvalue weighted by molar-refractivity contribution is 5.95. The number of carbonyl (C=O) groups is 2. The summed E-state index contributed by atoms with van der Waals surface area (Å²) in [5.41, 5.74) is 1.75. The van der Waals surface area contributed by atoms with Crippen LogP contribution in [0.2, 0.25) is 0 Å². The Hall–Kier alpha value is -2.69. The highest BCUT2D eigenvalue weighted by atomic mass is 16.2. The van der Waals surface area contributed by atoms with E-state index in [9.17, 15) is 9.59 Å². The first-order valence-corrected chi connectivity index (χ1v) is 8.69. The van der Waals surface area contributed by atoms with Gasteiger partial charge in [-0.15, -0.1) is 0 Å². The molecule has 1 aromatic heterocycles. The number of carbonyl (C=O) groups excluding carboxylic acids is 2. The highest BCUT2D eigenvalue weighted by Crippen LogP contribution is 2.58. The zero-order chi connectivity index (χ0) is 17.3. The lowest BCUT2D eigenvalue weighted by molar-refractivity contribution is -0.129. The third-order valence-corrected chi connectivity index (χ3v) is 5.37. The van der Waals surface area contributed by atoms with Gasteiger partial charge in [-0.25, -0.2) is 0 Å². The molecule has 1 saturated carbocycles. The van der Waals surface area contributed by atoms with Crippen LogP contribution >= 0.6 is 0 Å². The summed E-state index contributed by atoms with van der Waals surface area (Å²) in [7, 11) is 0. The molecule has 0 bridgehead atoms. The van der Waals surface area contributed by atoms with Crippen molar-refractivity contribution in [2.75, 3.05) is 18.4 Å². The molecule has 5 nitrogen and oxygen atoms in total. The molecular formula is C20H21N3O2. The third kappa shape index (κ3) is 3.27. The number of nitrogens with zero attached hydrogens (tertiary/aromatic N) is 2. The molecule has 1 N–H and O–H groups in total. The average molecular weight is 335 g/mol. The van der Waals surface area contributed by atoms with Crippen LogP contribution < -0.4 is 5.32 Å². The standard InChI is InChI=1S/C20H21N3O2/c24-18(11-15-5-2-1-3-6-15)23-10-8-20(14-23)12-17(20)19(25)22-16-7-4-9-21-13-16/h1-7,9,13,17H,8,10-12,14H2,(H,22,25)/t17-,20+/m1/s1. The summed E-state index contributed by atoms with van der Waals surface area (Å²) in [5, 5.41) is 2.93. The van der Waals surface area contributed by atoms with E-state index in [1.807, 2.05) is 41.3 Å². The molecule has 1 saturated heterocycles. The van der Waals surface area contributed by atoms with E-state index in [4.69, 9.17) is 0 Å². The maximum Gasteiger partial charge on any atom is 0.228 e. The second-order valence-corrected chi connectivity index (χ2v) is 7.08. The molecule has 2 atom stereocenters. The topological polar surface area (TPSA) is 62.3 Å². The monoisotopic (exact) mass is 335 g/mol. The molecular weight excluding hydrogens is 314 g/mol. The zero-order valence-corrected chi connectivity index (χ0v) is 14.0. The van der Waals surface area contributed by atoms with Crippen molar-refractivity contribution in [2.45, 2.75) is 19.3 Å². The van der Waals surface area contributed by atoms with E-state index in [1.54, 1.807) is 18.5 Å². The SMILES string of the molecule is O=C(Nc1cccnc1)[C@H]1C[C@]12CCN(C(=O)Cc1ccccc1)C2. The molecule has 2 fully saturated rings. The first-order valence-electron chi connectivity index (χ1n) is 8.69. The maximum absolute atomic E-state index is 12.5. The molecule has 4 rings (SSSR count). The second-order valence-electron chi connectivity index (χ2n) is 7.08. The molecule has 1 spiro atoms. The van der Waals surface area contributed by atoms with Gasteiger partial charge < -0.3 is 10.2 Å². The zero-order valence-electron chi connectivity index (χ0n) is 14.0. The van der Waals surface area contributed by atoms with Crippen LogP contribution in [0.25, 0.3) is 0 Å². The summed E-state index contributed by atoms with van der Waals surface area (Å²) in [6, 6.07) is 13.5. The Bertz CT molecular complexity index is 725. The van der Waals surface area contributed by atoms with Crippen molar-refractivity contribution in [3.63, 3.8) is 0 Å². The van der Waals surface area contributed by atoms with Crippen molar-refractivity contribution >= 4 is 17.5 Å². The van der Waals surface area contributed by atoms with Crippen molar-refractivity contribution in [3.8, 4) is 0 Å². The Kier molecular flexibility index (Phi) is 3.99. The van der Waals surface area contributed by atoms with Crippen LogP contribution in [0.15, 0.2) is 54.9 Å². The van der Waals surface area contributed by atoms with Gasteiger partial charge in [-0.1, -0.05) is 30.3 Å². The quantitative estimate of drug-likeness (QED) is 0.934. The fraction of sp³-hybridized carbons (Fsp3) is 0.350. The van der Waals surface area contributed by atoms with Gasteiger partial charge in [0.2, 0.25) is 11.8 Å². The van der Waals surface area contributed by atoms with Gasteiger partial charge in [-0.05, 0) is 30.5 Å². The van der Waals surface area contributed by atoms with Crippen molar-refractivity contribution in [1.29, 1.82) is 0 Å². The number of benzene rings is 1. The van der Waals surface area contributed by atoms with E-state index in [0.717, 1.165) is 30.6 Å². The van der Waals surface area contributed by atoms with E-state index in [2.05, 4.69) is 10.3 Å². The van der Waals surface area contributed by atoms with Gasteiger partial charge in [0.25, 0.3) is 0 Å². The van der Waals surface area contributed by atoms with Crippen LogP contribution in [0.5, 0.6) is 0 Å². The summed E-state index contributed by atoms with van der Waals surface area (Å²) >= 11 is 0. The van der Waals surface area contributed by atoms with Gasteiger partial charge in [0.05, 0.1) is 18.3 Å². The van der Waals surface area contributed by atoms with Gasteiger partial charge >= 0.3 is 0 Å². The van der Waals surface area contributed by atoms with E-state index >= 15 is 0 Å². The number of hydrogen-bond donors (Lipinski definition) is 1. The van der Waals surface area contributed by atoms with Gasteiger partial charge in [0.1, 0.15) is 0 Å². The first kappa shape index (κ1) is 15.8. The molecule has 2 amide bonds. The number of rotatable bonds is 4. The maximum atomic E-state index is 12.5. The number of amides is 2. The molecule has 128 valence electrons. The molecule has 1 aliphatic heterocycles. The summed E-state index contributed by atoms with van der Waals surface area (Å²) in [5.74, 6) is 0.203. The van der Waals surface area contributed by atoms with Gasteiger partial charge in [-0.3, -0.25) is 14.6 Å². The number of hydrogen-bond acceptors (Lipinski definition) is 3. The van der Waals surface area contributed by atoms with Crippen LogP contribution in [0, 0.1) is 11.3 Å². The summed E-state index contributed by atoms with van der Waals surface area (Å²) in [6.07, 6.45) is 5.55. The lowest BCUT2D eigenvalue weighted by atomic mass is 10.0. The molecule has 1 aromatic carbocycles. The lowest BCUT2D eigenvalue weighted by Gasteiger charge is -2.17. The van der Waals surface area contributed by atoms with Crippen LogP contribution in [0.1, 0.15) is 18.4 Å². The van der Waals surface area contributed by atoms with Crippen molar-refractivity contribution in [3.05, 3.63) is 60.4 Å².